The molecule has 2 fully saturated rings. The fourth-order valence-corrected chi connectivity index (χ4v) is 4.42. The highest BCUT2D eigenvalue weighted by Gasteiger charge is 2.24. The first-order valence-electron chi connectivity index (χ1n) is 10.5. The van der Waals surface area contributed by atoms with Gasteiger partial charge in [-0.15, -0.1) is 0 Å². The van der Waals surface area contributed by atoms with Gasteiger partial charge in [-0.25, -0.2) is 0 Å². The number of rotatable bonds is 9. The van der Waals surface area contributed by atoms with Crippen LogP contribution < -0.4 is 0 Å². The Morgan fingerprint density at radius 3 is 2.56 bits per heavy atom. The molecule has 2 aliphatic heterocycles. The number of aromatic nitrogens is 1. The van der Waals surface area contributed by atoms with Gasteiger partial charge >= 0.3 is 0 Å². The van der Waals surface area contributed by atoms with Crippen molar-refractivity contribution in [3.8, 4) is 0 Å². The van der Waals surface area contributed by atoms with Crippen LogP contribution in [-0.4, -0.2) is 61.3 Å². The monoisotopic (exact) mass is 371 g/mol. The van der Waals surface area contributed by atoms with Crippen LogP contribution in [-0.2, 0) is 16.0 Å². The lowest BCUT2D eigenvalue weighted by atomic mass is 10.1. The second-order valence-corrected chi connectivity index (χ2v) is 7.94. The van der Waals surface area contributed by atoms with Crippen molar-refractivity contribution in [3.63, 3.8) is 0 Å². The third-order valence-corrected chi connectivity index (χ3v) is 5.82. The van der Waals surface area contributed by atoms with Crippen molar-refractivity contribution in [2.45, 2.75) is 44.9 Å². The molecule has 0 aliphatic carbocycles. The van der Waals surface area contributed by atoms with Gasteiger partial charge in [0.15, 0.2) is 0 Å². The number of nitrogens with one attached hydrogen (secondary N) is 1. The molecular formula is C22H33N3O2. The molecule has 4 rings (SSSR count). The Balaban J connectivity index is 1.49. The van der Waals surface area contributed by atoms with E-state index in [9.17, 15) is 0 Å². The van der Waals surface area contributed by atoms with Gasteiger partial charge in [0.05, 0.1) is 6.61 Å². The van der Waals surface area contributed by atoms with Gasteiger partial charge in [0.1, 0.15) is 6.23 Å². The summed E-state index contributed by atoms with van der Waals surface area (Å²) in [5.74, 6) is 0. The summed E-state index contributed by atoms with van der Waals surface area (Å²) < 4.78 is 11.5. The van der Waals surface area contributed by atoms with Crippen LogP contribution in [0.3, 0.4) is 0 Å². The van der Waals surface area contributed by atoms with E-state index < -0.39 is 0 Å². The Morgan fingerprint density at radius 2 is 1.78 bits per heavy atom. The Morgan fingerprint density at radius 1 is 1.00 bits per heavy atom. The lowest BCUT2D eigenvalue weighted by Gasteiger charge is -2.28. The number of H-pyrrole nitrogens is 1. The first kappa shape index (κ1) is 18.9. The molecular weight excluding hydrogens is 338 g/mol. The number of nitrogens with zero attached hydrogens (tertiary/aromatic N) is 2. The van der Waals surface area contributed by atoms with Gasteiger partial charge in [0.25, 0.3) is 0 Å². The SMILES string of the molecule is COCCCOC(c1ccc2[nH]c(CN3CCCC3)cc2c1)N1CCCC1. The molecule has 2 saturated heterocycles. The molecule has 2 aromatic rings. The second kappa shape index (κ2) is 9.20. The van der Waals surface area contributed by atoms with Gasteiger partial charge < -0.3 is 14.5 Å². The van der Waals surface area contributed by atoms with E-state index in [1.165, 1.54) is 60.9 Å². The van der Waals surface area contributed by atoms with Crippen molar-refractivity contribution in [1.29, 1.82) is 0 Å². The van der Waals surface area contributed by atoms with Gasteiger partial charge in [-0.2, -0.15) is 0 Å². The van der Waals surface area contributed by atoms with Crippen LogP contribution in [0.5, 0.6) is 0 Å². The third kappa shape index (κ3) is 4.72. The van der Waals surface area contributed by atoms with Crippen molar-refractivity contribution < 1.29 is 9.47 Å². The van der Waals surface area contributed by atoms with E-state index in [0.717, 1.165) is 39.3 Å². The summed E-state index contributed by atoms with van der Waals surface area (Å²) in [7, 11) is 1.75. The van der Waals surface area contributed by atoms with Gasteiger partial charge in [0, 0.05) is 49.9 Å². The fourth-order valence-electron chi connectivity index (χ4n) is 4.42. The zero-order valence-electron chi connectivity index (χ0n) is 16.6. The van der Waals surface area contributed by atoms with Crippen LogP contribution >= 0.6 is 0 Å². The highest BCUT2D eigenvalue weighted by Crippen LogP contribution is 2.29. The normalized spacial score (nSPS) is 20.0. The van der Waals surface area contributed by atoms with E-state index in [2.05, 4.69) is 39.0 Å². The molecule has 0 saturated carbocycles. The molecule has 5 heteroatoms. The van der Waals surface area contributed by atoms with Gasteiger partial charge in [-0.3, -0.25) is 9.80 Å². The smallest absolute Gasteiger partial charge is 0.136 e. The highest BCUT2D eigenvalue weighted by atomic mass is 16.5. The maximum atomic E-state index is 6.31. The Labute approximate surface area is 162 Å². The molecule has 27 heavy (non-hydrogen) atoms. The average molecular weight is 372 g/mol. The van der Waals surface area contributed by atoms with Gasteiger partial charge in [-0.05, 0) is 69.0 Å². The minimum atomic E-state index is 0.0608. The Bertz CT molecular complexity index is 717. The van der Waals surface area contributed by atoms with Crippen LogP contribution in [0, 0.1) is 0 Å². The number of methoxy groups -OCH3 is 1. The highest BCUT2D eigenvalue weighted by molar-refractivity contribution is 5.81. The van der Waals surface area contributed by atoms with Crippen molar-refractivity contribution in [1.82, 2.24) is 14.8 Å². The summed E-state index contributed by atoms with van der Waals surface area (Å²) in [5, 5.41) is 1.30. The first-order chi connectivity index (χ1) is 13.3. The topological polar surface area (TPSA) is 40.7 Å². The van der Waals surface area contributed by atoms with E-state index in [1.807, 2.05) is 0 Å². The number of fused-ring (bicyclic) bond motifs is 1. The quantitative estimate of drug-likeness (QED) is 0.679. The molecule has 1 aromatic carbocycles. The molecule has 3 heterocycles. The first-order valence-corrected chi connectivity index (χ1v) is 10.5. The molecule has 2 aliphatic rings. The van der Waals surface area contributed by atoms with Crippen molar-refractivity contribution >= 4 is 10.9 Å². The molecule has 1 aromatic heterocycles. The number of hydrogen-bond acceptors (Lipinski definition) is 4. The molecule has 0 spiro atoms. The predicted molar refractivity (Wildman–Crippen MR) is 109 cm³/mol. The van der Waals surface area contributed by atoms with Crippen molar-refractivity contribution in [2.75, 3.05) is 46.5 Å². The van der Waals surface area contributed by atoms with Crippen LogP contribution in [0.15, 0.2) is 24.3 Å². The number of ether oxygens (including phenoxy) is 2. The Hall–Kier alpha value is -1.40. The van der Waals surface area contributed by atoms with E-state index in [4.69, 9.17) is 9.47 Å². The lowest BCUT2D eigenvalue weighted by molar-refractivity contribution is -0.0565. The average Bonchev–Trinajstić information content (AvgIpc) is 3.43. The van der Waals surface area contributed by atoms with Crippen LogP contribution in [0.25, 0.3) is 10.9 Å². The minimum Gasteiger partial charge on any atom is -0.385 e. The largest absolute Gasteiger partial charge is 0.385 e. The van der Waals surface area contributed by atoms with Crippen LogP contribution in [0.4, 0.5) is 0 Å². The number of likely N-dealkylation sites (tertiary alicyclic amines) is 2. The van der Waals surface area contributed by atoms with Gasteiger partial charge in [-0.1, -0.05) is 6.07 Å². The maximum absolute atomic E-state index is 6.31. The van der Waals surface area contributed by atoms with E-state index in [-0.39, 0.29) is 6.23 Å². The van der Waals surface area contributed by atoms with Crippen molar-refractivity contribution in [3.05, 3.63) is 35.5 Å². The van der Waals surface area contributed by atoms with E-state index in [0.29, 0.717) is 0 Å². The van der Waals surface area contributed by atoms with E-state index in [1.54, 1.807) is 7.11 Å². The zero-order valence-corrected chi connectivity index (χ0v) is 16.6. The standard InChI is InChI=1S/C22H33N3O2/c1-26-13-6-14-27-22(25-11-4-5-12-25)18-7-8-21-19(15-18)16-20(23-21)17-24-9-2-3-10-24/h7-8,15-16,22-23H,2-6,9-14,17H2,1H3. The number of aromatic amines is 1. The summed E-state index contributed by atoms with van der Waals surface area (Å²) in [5.41, 5.74) is 3.82. The number of hydrogen-bond donors (Lipinski definition) is 1. The molecule has 0 bridgehead atoms. The fraction of sp³-hybridized carbons (Fsp3) is 0.636. The summed E-state index contributed by atoms with van der Waals surface area (Å²) >= 11 is 0. The Kier molecular flexibility index (Phi) is 6.45. The molecule has 1 N–H and O–H groups in total. The molecule has 148 valence electrons. The van der Waals surface area contributed by atoms with Crippen LogP contribution in [0.2, 0.25) is 0 Å². The molecule has 1 atom stereocenters. The third-order valence-electron chi connectivity index (χ3n) is 5.82. The summed E-state index contributed by atoms with van der Waals surface area (Å²) in [6, 6.07) is 9.10. The number of benzene rings is 1. The van der Waals surface area contributed by atoms with E-state index >= 15 is 0 Å². The van der Waals surface area contributed by atoms with Crippen LogP contribution in [0.1, 0.15) is 49.6 Å². The summed E-state index contributed by atoms with van der Waals surface area (Å²) in [6.45, 7) is 7.23. The molecule has 0 radical (unpaired) electrons. The summed E-state index contributed by atoms with van der Waals surface area (Å²) in [6.07, 6.45) is 6.21. The second-order valence-electron chi connectivity index (χ2n) is 7.94. The molecule has 5 nitrogen and oxygen atoms in total. The molecule has 1 unspecified atom stereocenters. The van der Waals surface area contributed by atoms with Crippen molar-refractivity contribution in [2.24, 2.45) is 0 Å². The predicted octanol–water partition coefficient (Wildman–Crippen LogP) is 3.91. The maximum Gasteiger partial charge on any atom is 0.136 e. The summed E-state index contributed by atoms with van der Waals surface area (Å²) in [4.78, 5) is 8.62. The van der Waals surface area contributed by atoms with Gasteiger partial charge in [0.2, 0.25) is 0 Å². The minimum absolute atomic E-state index is 0.0608. The molecule has 0 amide bonds. The lowest BCUT2D eigenvalue weighted by Crippen LogP contribution is -2.28. The zero-order chi connectivity index (χ0) is 18.5.